The van der Waals surface area contributed by atoms with E-state index in [1.807, 2.05) is 11.5 Å². The lowest BCUT2D eigenvalue weighted by Crippen LogP contribution is -2.57. The fraction of sp³-hybridized carbons (Fsp3) is 0.471. The zero-order valence-corrected chi connectivity index (χ0v) is 13.2. The number of nitrogens with zero attached hydrogens (tertiary/aromatic N) is 1. The van der Waals surface area contributed by atoms with E-state index < -0.39 is 0 Å². The fourth-order valence-corrected chi connectivity index (χ4v) is 3.98. The average Bonchev–Trinajstić information content (AvgIpc) is 2.48. The van der Waals surface area contributed by atoms with Crippen LogP contribution in [0.1, 0.15) is 18.4 Å². The standard InChI is InChI=1S/C17H22N2OS/c1-13-3-2-4-15(11-13)21-10-7-17(20)18-16-12-19-8-5-14(16)6-9-19/h2-4,7,10-11,14,16H,5-6,8-9,12H2,1H3,(H,18,20)/t16-/m0/s1. The second-order valence-electron chi connectivity index (χ2n) is 5.99. The number of fused-ring (bicyclic) bond motifs is 3. The molecule has 3 heterocycles. The molecule has 3 aliphatic heterocycles. The van der Waals surface area contributed by atoms with Crippen LogP contribution in [-0.4, -0.2) is 36.5 Å². The van der Waals surface area contributed by atoms with Crippen molar-refractivity contribution >= 4 is 17.7 Å². The minimum absolute atomic E-state index is 0.0360. The fourth-order valence-electron chi connectivity index (χ4n) is 3.22. The molecule has 3 saturated heterocycles. The van der Waals surface area contributed by atoms with Crippen LogP contribution in [0.15, 0.2) is 40.6 Å². The predicted molar refractivity (Wildman–Crippen MR) is 87.3 cm³/mol. The minimum Gasteiger partial charge on any atom is -0.348 e. The highest BCUT2D eigenvalue weighted by atomic mass is 32.2. The van der Waals surface area contributed by atoms with Gasteiger partial charge in [0.15, 0.2) is 0 Å². The van der Waals surface area contributed by atoms with Gasteiger partial charge in [0.05, 0.1) is 0 Å². The van der Waals surface area contributed by atoms with E-state index >= 15 is 0 Å². The van der Waals surface area contributed by atoms with Crippen molar-refractivity contribution in [1.29, 1.82) is 0 Å². The Bertz CT molecular complexity index is 535. The molecule has 0 aromatic heterocycles. The van der Waals surface area contributed by atoms with Gasteiger partial charge in [-0.25, -0.2) is 0 Å². The summed E-state index contributed by atoms with van der Waals surface area (Å²) in [4.78, 5) is 15.6. The van der Waals surface area contributed by atoms with E-state index in [0.717, 1.165) is 6.54 Å². The summed E-state index contributed by atoms with van der Waals surface area (Å²) in [5.41, 5.74) is 1.24. The third-order valence-electron chi connectivity index (χ3n) is 4.40. The summed E-state index contributed by atoms with van der Waals surface area (Å²) in [6.45, 7) is 5.51. The molecule has 112 valence electrons. The largest absolute Gasteiger partial charge is 0.348 e. The molecule has 1 aromatic carbocycles. The molecule has 3 aliphatic rings. The molecule has 1 atom stereocenters. The van der Waals surface area contributed by atoms with E-state index in [9.17, 15) is 4.79 Å². The molecule has 1 N–H and O–H groups in total. The zero-order valence-electron chi connectivity index (χ0n) is 12.4. The van der Waals surface area contributed by atoms with Gasteiger partial charge in [-0.05, 0) is 56.3 Å². The first kappa shape index (κ1) is 14.7. The topological polar surface area (TPSA) is 32.3 Å². The van der Waals surface area contributed by atoms with Crippen molar-refractivity contribution in [3.05, 3.63) is 41.3 Å². The number of aryl methyl sites for hydroxylation is 1. The van der Waals surface area contributed by atoms with E-state index in [0.29, 0.717) is 12.0 Å². The summed E-state index contributed by atoms with van der Waals surface area (Å²) in [6, 6.07) is 8.65. The van der Waals surface area contributed by atoms with E-state index in [-0.39, 0.29) is 5.91 Å². The summed E-state index contributed by atoms with van der Waals surface area (Å²) in [6.07, 6.45) is 4.12. The Labute approximate surface area is 130 Å². The zero-order chi connectivity index (χ0) is 14.7. The number of hydrogen-bond acceptors (Lipinski definition) is 3. The van der Waals surface area contributed by atoms with Gasteiger partial charge in [0.1, 0.15) is 0 Å². The second-order valence-corrected chi connectivity index (χ2v) is 6.97. The molecule has 4 heteroatoms. The highest BCUT2D eigenvalue weighted by Crippen LogP contribution is 2.27. The SMILES string of the molecule is Cc1cccc(SC=CC(=O)N[C@H]2CN3CCC2CC3)c1. The maximum absolute atomic E-state index is 12.0. The Morgan fingerprint density at radius 2 is 2.19 bits per heavy atom. The van der Waals surface area contributed by atoms with Crippen LogP contribution in [0, 0.1) is 12.8 Å². The lowest BCUT2D eigenvalue weighted by molar-refractivity contribution is -0.118. The van der Waals surface area contributed by atoms with Crippen molar-refractivity contribution in [3.8, 4) is 0 Å². The predicted octanol–water partition coefficient (Wildman–Crippen LogP) is 2.81. The Balaban J connectivity index is 1.49. The van der Waals surface area contributed by atoms with Crippen LogP contribution in [0.5, 0.6) is 0 Å². The number of benzene rings is 1. The van der Waals surface area contributed by atoms with E-state index in [4.69, 9.17) is 0 Å². The number of nitrogens with one attached hydrogen (secondary N) is 1. The molecule has 2 bridgehead atoms. The molecule has 1 amide bonds. The van der Waals surface area contributed by atoms with Crippen LogP contribution < -0.4 is 5.32 Å². The molecule has 21 heavy (non-hydrogen) atoms. The van der Waals surface area contributed by atoms with Gasteiger partial charge in [0.25, 0.3) is 0 Å². The summed E-state index contributed by atoms with van der Waals surface area (Å²) in [5, 5.41) is 5.05. The molecule has 0 saturated carbocycles. The van der Waals surface area contributed by atoms with Gasteiger partial charge in [-0.3, -0.25) is 4.79 Å². The molecule has 0 unspecified atom stereocenters. The smallest absolute Gasteiger partial charge is 0.244 e. The number of amides is 1. The minimum atomic E-state index is 0.0360. The van der Waals surface area contributed by atoms with E-state index in [1.165, 1.54) is 36.4 Å². The van der Waals surface area contributed by atoms with Crippen LogP contribution in [0.2, 0.25) is 0 Å². The molecule has 0 spiro atoms. The summed E-state index contributed by atoms with van der Waals surface area (Å²) >= 11 is 1.59. The second kappa shape index (κ2) is 6.67. The Morgan fingerprint density at radius 3 is 2.86 bits per heavy atom. The highest BCUT2D eigenvalue weighted by Gasteiger charge is 2.34. The maximum Gasteiger partial charge on any atom is 0.244 e. The number of thioether (sulfide) groups is 1. The van der Waals surface area contributed by atoms with Gasteiger partial charge >= 0.3 is 0 Å². The molecule has 3 fully saturated rings. The molecule has 3 nitrogen and oxygen atoms in total. The number of hydrogen-bond donors (Lipinski definition) is 1. The van der Waals surface area contributed by atoms with Gasteiger partial charge in [0, 0.05) is 23.6 Å². The third kappa shape index (κ3) is 3.89. The van der Waals surface area contributed by atoms with Crippen LogP contribution in [0.3, 0.4) is 0 Å². The van der Waals surface area contributed by atoms with Crippen LogP contribution in [0.25, 0.3) is 0 Å². The first-order valence-corrected chi connectivity index (χ1v) is 8.51. The molecule has 1 aromatic rings. The van der Waals surface area contributed by atoms with Gasteiger partial charge in [-0.2, -0.15) is 0 Å². The summed E-state index contributed by atoms with van der Waals surface area (Å²) < 4.78 is 0. The van der Waals surface area contributed by atoms with Crippen molar-refractivity contribution in [3.63, 3.8) is 0 Å². The number of carbonyl (C=O) groups excluding carboxylic acids is 1. The van der Waals surface area contributed by atoms with Gasteiger partial charge in [0.2, 0.25) is 5.91 Å². The summed E-state index contributed by atoms with van der Waals surface area (Å²) in [5.74, 6) is 0.714. The average molecular weight is 302 g/mol. The van der Waals surface area contributed by atoms with Gasteiger partial charge < -0.3 is 10.2 Å². The van der Waals surface area contributed by atoms with E-state index in [1.54, 1.807) is 17.8 Å². The van der Waals surface area contributed by atoms with Crippen LogP contribution in [0.4, 0.5) is 0 Å². The summed E-state index contributed by atoms with van der Waals surface area (Å²) in [7, 11) is 0. The van der Waals surface area contributed by atoms with Crippen LogP contribution in [-0.2, 0) is 4.79 Å². The van der Waals surface area contributed by atoms with Gasteiger partial charge in [-0.1, -0.05) is 29.5 Å². The van der Waals surface area contributed by atoms with Crippen molar-refractivity contribution < 1.29 is 4.79 Å². The van der Waals surface area contributed by atoms with Gasteiger partial charge in [-0.15, -0.1) is 0 Å². The maximum atomic E-state index is 12.0. The molecule has 0 radical (unpaired) electrons. The number of rotatable bonds is 4. The third-order valence-corrected chi connectivity index (χ3v) is 5.20. The Kier molecular flexibility index (Phi) is 4.66. The van der Waals surface area contributed by atoms with Crippen molar-refractivity contribution in [2.24, 2.45) is 5.92 Å². The van der Waals surface area contributed by atoms with E-state index in [2.05, 4.69) is 35.3 Å². The quantitative estimate of drug-likeness (QED) is 0.686. The lowest BCUT2D eigenvalue weighted by Gasteiger charge is -2.44. The number of piperidine rings is 3. The number of carbonyl (C=O) groups is 1. The normalized spacial score (nSPS) is 28.0. The first-order valence-electron chi connectivity index (χ1n) is 7.63. The Hall–Kier alpha value is -1.26. The Morgan fingerprint density at radius 1 is 1.38 bits per heavy atom. The lowest BCUT2D eigenvalue weighted by atomic mass is 9.84. The molecule has 4 rings (SSSR count). The monoisotopic (exact) mass is 302 g/mol. The molecule has 0 aliphatic carbocycles. The molecular weight excluding hydrogens is 280 g/mol. The highest BCUT2D eigenvalue weighted by molar-refractivity contribution is 8.02. The van der Waals surface area contributed by atoms with Crippen molar-refractivity contribution in [2.75, 3.05) is 19.6 Å². The van der Waals surface area contributed by atoms with Crippen molar-refractivity contribution in [1.82, 2.24) is 10.2 Å². The van der Waals surface area contributed by atoms with Crippen molar-refractivity contribution in [2.45, 2.75) is 30.7 Å². The van der Waals surface area contributed by atoms with Crippen LogP contribution >= 0.6 is 11.8 Å². The first-order chi connectivity index (χ1) is 10.2. The molecular formula is C17H22N2OS.